The Labute approximate surface area is 226 Å². The number of thioether (sulfide) groups is 1. The zero-order valence-corrected chi connectivity index (χ0v) is 23.2. The fourth-order valence-electron chi connectivity index (χ4n) is 4.37. The SMILES string of the molecule is C=CCn1c(SCC(=O)Nc2sc3c(c2C(=O)OCC)CCCCC3)nnc1-c1cccc(N(C)C)c1. The van der Waals surface area contributed by atoms with Crippen LogP contribution in [0.5, 0.6) is 0 Å². The molecule has 37 heavy (non-hydrogen) atoms. The van der Waals surface area contributed by atoms with Crippen molar-refractivity contribution in [2.45, 2.75) is 50.7 Å². The summed E-state index contributed by atoms with van der Waals surface area (Å²) in [6.45, 7) is 6.48. The van der Waals surface area contributed by atoms with Gasteiger partial charge in [0.25, 0.3) is 0 Å². The van der Waals surface area contributed by atoms with Crippen LogP contribution in [-0.2, 0) is 28.9 Å². The van der Waals surface area contributed by atoms with Crippen molar-refractivity contribution >= 4 is 45.7 Å². The monoisotopic (exact) mass is 539 g/mol. The summed E-state index contributed by atoms with van der Waals surface area (Å²) in [7, 11) is 3.98. The molecule has 1 amide bonds. The molecular weight excluding hydrogens is 506 g/mol. The number of thiophene rings is 1. The number of hydrogen-bond donors (Lipinski definition) is 1. The van der Waals surface area contributed by atoms with Crippen molar-refractivity contribution in [3.05, 3.63) is 52.9 Å². The summed E-state index contributed by atoms with van der Waals surface area (Å²) < 4.78 is 7.29. The molecule has 0 spiro atoms. The number of anilines is 2. The molecule has 10 heteroatoms. The summed E-state index contributed by atoms with van der Waals surface area (Å²) >= 11 is 2.81. The number of benzene rings is 1. The van der Waals surface area contributed by atoms with Crippen LogP contribution in [0.25, 0.3) is 11.4 Å². The molecule has 0 saturated heterocycles. The lowest BCUT2D eigenvalue weighted by atomic mass is 10.1. The van der Waals surface area contributed by atoms with Crippen molar-refractivity contribution in [3.8, 4) is 11.4 Å². The summed E-state index contributed by atoms with van der Waals surface area (Å²) in [5.74, 6) is 0.298. The molecule has 2 aromatic heterocycles. The first-order valence-corrected chi connectivity index (χ1v) is 14.3. The molecule has 196 valence electrons. The number of nitrogens with one attached hydrogen (secondary N) is 1. The minimum Gasteiger partial charge on any atom is -0.462 e. The van der Waals surface area contributed by atoms with Gasteiger partial charge in [-0.3, -0.25) is 9.36 Å². The predicted octanol–water partition coefficient (Wildman–Crippen LogP) is 5.44. The van der Waals surface area contributed by atoms with Gasteiger partial charge in [0.15, 0.2) is 11.0 Å². The number of rotatable bonds is 10. The van der Waals surface area contributed by atoms with E-state index in [1.165, 1.54) is 28.0 Å². The second-order valence-corrected chi connectivity index (χ2v) is 11.0. The van der Waals surface area contributed by atoms with Crippen LogP contribution >= 0.6 is 23.1 Å². The second kappa shape index (κ2) is 12.4. The molecule has 0 saturated carbocycles. The topological polar surface area (TPSA) is 89.3 Å². The van der Waals surface area contributed by atoms with E-state index in [9.17, 15) is 9.59 Å². The molecule has 0 bridgehead atoms. The third kappa shape index (κ3) is 6.24. The van der Waals surface area contributed by atoms with Crippen molar-refractivity contribution < 1.29 is 14.3 Å². The Balaban J connectivity index is 1.52. The van der Waals surface area contributed by atoms with Crippen molar-refractivity contribution in [1.29, 1.82) is 0 Å². The van der Waals surface area contributed by atoms with Crippen LogP contribution in [0, 0.1) is 0 Å². The molecule has 0 aliphatic heterocycles. The highest BCUT2D eigenvalue weighted by Gasteiger charge is 2.27. The first-order valence-electron chi connectivity index (χ1n) is 12.5. The Hall–Kier alpha value is -3.11. The molecule has 2 heterocycles. The maximum absolute atomic E-state index is 13.0. The summed E-state index contributed by atoms with van der Waals surface area (Å²) in [5, 5.41) is 13.0. The first-order chi connectivity index (χ1) is 17.9. The van der Waals surface area contributed by atoms with E-state index in [-0.39, 0.29) is 17.6 Å². The largest absolute Gasteiger partial charge is 0.462 e. The molecule has 0 atom stereocenters. The molecule has 4 rings (SSSR count). The zero-order valence-electron chi connectivity index (χ0n) is 21.6. The standard InChI is InChI=1S/C27H33N5O3S2/c1-5-15-32-24(18-11-10-12-19(16-18)31(3)4)29-30-27(32)36-17-22(33)28-25-23(26(34)35-6-2)20-13-8-7-9-14-21(20)37-25/h5,10-12,16H,1,6-9,13-15,17H2,2-4H3,(H,28,33). The lowest BCUT2D eigenvalue weighted by Gasteiger charge is -2.14. The average molecular weight is 540 g/mol. The number of carbonyl (C=O) groups excluding carboxylic acids is 2. The average Bonchev–Trinajstić information content (AvgIpc) is 3.35. The summed E-state index contributed by atoms with van der Waals surface area (Å²) in [6.07, 6.45) is 6.84. The molecule has 0 fully saturated rings. The van der Waals surface area contributed by atoms with Crippen molar-refractivity contribution in [2.24, 2.45) is 0 Å². The third-order valence-electron chi connectivity index (χ3n) is 6.14. The van der Waals surface area contributed by atoms with Crippen LogP contribution in [0.1, 0.15) is 47.0 Å². The Morgan fingerprint density at radius 3 is 2.81 bits per heavy atom. The highest BCUT2D eigenvalue weighted by atomic mass is 32.2. The van der Waals surface area contributed by atoms with E-state index in [1.807, 2.05) is 41.8 Å². The fraction of sp³-hybridized carbons (Fsp3) is 0.407. The molecular formula is C27H33N5O3S2. The Bertz CT molecular complexity index is 1280. The smallest absolute Gasteiger partial charge is 0.341 e. The van der Waals surface area contributed by atoms with E-state index in [0.29, 0.717) is 28.9 Å². The molecule has 1 aromatic carbocycles. The number of amides is 1. The van der Waals surface area contributed by atoms with Gasteiger partial charge < -0.3 is 15.0 Å². The predicted molar refractivity (Wildman–Crippen MR) is 151 cm³/mol. The number of esters is 1. The van der Waals surface area contributed by atoms with E-state index in [2.05, 4.69) is 28.2 Å². The zero-order chi connectivity index (χ0) is 26.4. The van der Waals surface area contributed by atoms with Gasteiger partial charge in [-0.15, -0.1) is 28.1 Å². The van der Waals surface area contributed by atoms with Crippen molar-refractivity contribution in [2.75, 3.05) is 36.7 Å². The molecule has 8 nitrogen and oxygen atoms in total. The normalized spacial score (nSPS) is 12.9. The van der Waals surface area contributed by atoms with Crippen LogP contribution in [0.15, 0.2) is 42.1 Å². The quantitative estimate of drug-likeness (QED) is 0.159. The highest BCUT2D eigenvalue weighted by molar-refractivity contribution is 7.99. The number of allylic oxidation sites excluding steroid dienone is 1. The second-order valence-electron chi connectivity index (χ2n) is 8.98. The van der Waals surface area contributed by atoms with Crippen LogP contribution in [0.3, 0.4) is 0 Å². The van der Waals surface area contributed by atoms with Crippen LogP contribution < -0.4 is 10.2 Å². The van der Waals surface area contributed by atoms with Gasteiger partial charge >= 0.3 is 5.97 Å². The molecule has 1 N–H and O–H groups in total. The fourth-order valence-corrected chi connectivity index (χ4v) is 6.41. The summed E-state index contributed by atoms with van der Waals surface area (Å²) in [4.78, 5) is 29.0. The van der Waals surface area contributed by atoms with Gasteiger partial charge in [0, 0.05) is 36.8 Å². The van der Waals surface area contributed by atoms with E-state index in [0.717, 1.165) is 54.7 Å². The van der Waals surface area contributed by atoms with Crippen molar-refractivity contribution in [1.82, 2.24) is 14.8 Å². The van der Waals surface area contributed by atoms with Gasteiger partial charge in [0.1, 0.15) is 5.00 Å². The van der Waals surface area contributed by atoms with E-state index >= 15 is 0 Å². The lowest BCUT2D eigenvalue weighted by Crippen LogP contribution is -2.17. The lowest BCUT2D eigenvalue weighted by molar-refractivity contribution is -0.113. The summed E-state index contributed by atoms with van der Waals surface area (Å²) in [5.41, 5.74) is 3.57. The number of carbonyl (C=O) groups is 2. The minimum atomic E-state index is -0.361. The summed E-state index contributed by atoms with van der Waals surface area (Å²) in [6, 6.07) is 8.08. The first kappa shape index (κ1) is 26.9. The molecule has 3 aromatic rings. The Morgan fingerprint density at radius 1 is 1.24 bits per heavy atom. The van der Waals surface area contributed by atoms with Gasteiger partial charge in [-0.2, -0.15) is 0 Å². The molecule has 1 aliphatic carbocycles. The van der Waals surface area contributed by atoms with Crippen LogP contribution in [0.2, 0.25) is 0 Å². The van der Waals surface area contributed by atoms with Gasteiger partial charge in [0.2, 0.25) is 5.91 Å². The van der Waals surface area contributed by atoms with Gasteiger partial charge in [-0.05, 0) is 50.3 Å². The number of ether oxygens (including phenoxy) is 1. The molecule has 0 radical (unpaired) electrons. The van der Waals surface area contributed by atoms with E-state index < -0.39 is 0 Å². The van der Waals surface area contributed by atoms with Gasteiger partial charge in [0.05, 0.1) is 17.9 Å². The number of hydrogen-bond acceptors (Lipinski definition) is 8. The number of fused-ring (bicyclic) bond motifs is 1. The maximum Gasteiger partial charge on any atom is 0.341 e. The molecule has 0 unspecified atom stereocenters. The Kier molecular flexibility index (Phi) is 9.04. The van der Waals surface area contributed by atoms with E-state index in [4.69, 9.17) is 4.74 Å². The van der Waals surface area contributed by atoms with Crippen LogP contribution in [-0.4, -0.2) is 53.1 Å². The molecule has 1 aliphatic rings. The number of aryl methyl sites for hydroxylation is 1. The maximum atomic E-state index is 13.0. The van der Waals surface area contributed by atoms with Gasteiger partial charge in [-0.25, -0.2) is 4.79 Å². The Morgan fingerprint density at radius 2 is 2.05 bits per heavy atom. The number of aromatic nitrogens is 3. The van der Waals surface area contributed by atoms with Crippen LogP contribution in [0.4, 0.5) is 10.7 Å². The van der Waals surface area contributed by atoms with E-state index in [1.54, 1.807) is 13.0 Å². The highest BCUT2D eigenvalue weighted by Crippen LogP contribution is 2.38. The number of nitrogens with zero attached hydrogens (tertiary/aromatic N) is 4. The van der Waals surface area contributed by atoms with Gasteiger partial charge in [-0.1, -0.05) is 36.4 Å². The van der Waals surface area contributed by atoms with Crippen molar-refractivity contribution in [3.63, 3.8) is 0 Å². The third-order valence-corrected chi connectivity index (χ3v) is 8.31. The minimum absolute atomic E-state index is 0.137.